The van der Waals surface area contributed by atoms with Gasteiger partial charge in [-0.3, -0.25) is 4.90 Å². The molecule has 1 heterocycles. The summed E-state index contributed by atoms with van der Waals surface area (Å²) in [6.07, 6.45) is 2.77. The Bertz CT molecular complexity index is 493. The van der Waals surface area contributed by atoms with Crippen LogP contribution >= 0.6 is 0 Å². The molecule has 0 radical (unpaired) electrons. The van der Waals surface area contributed by atoms with Gasteiger partial charge in [-0.1, -0.05) is 19.1 Å². The number of piperidine rings is 1. The molecule has 1 saturated heterocycles. The summed E-state index contributed by atoms with van der Waals surface area (Å²) in [4.78, 5) is 2.44. The van der Waals surface area contributed by atoms with Crippen molar-refractivity contribution in [3.63, 3.8) is 0 Å². The maximum absolute atomic E-state index is 9.59. The lowest BCUT2D eigenvalue weighted by Gasteiger charge is -2.40. The third-order valence-corrected chi connectivity index (χ3v) is 4.83. The minimum Gasteiger partial charge on any atom is -0.476 e. The number of aliphatic hydroxyl groups is 1. The highest BCUT2D eigenvalue weighted by Crippen LogP contribution is 2.34. The Hall–Kier alpha value is -1.57. The summed E-state index contributed by atoms with van der Waals surface area (Å²) in [5.74, 6) is 0.738. The summed E-state index contributed by atoms with van der Waals surface area (Å²) in [6, 6.07) is 10.0. The van der Waals surface area contributed by atoms with Crippen LogP contribution in [0.3, 0.4) is 0 Å². The Balaban J connectivity index is 1.86. The Morgan fingerprint density at radius 2 is 1.95 bits per heavy atom. The van der Waals surface area contributed by atoms with Crippen molar-refractivity contribution in [2.24, 2.45) is 5.41 Å². The molecular weight excluding hydrogens is 276 g/mol. The highest BCUT2D eigenvalue weighted by molar-refractivity contribution is 5.27. The molecule has 1 aliphatic heterocycles. The quantitative estimate of drug-likeness (QED) is 0.877. The smallest absolute Gasteiger partial charge is 0.181 e. The topological polar surface area (TPSA) is 56.5 Å². The molecule has 1 unspecified atom stereocenters. The molecule has 1 aromatic carbocycles. The van der Waals surface area contributed by atoms with Gasteiger partial charge in [0.2, 0.25) is 0 Å². The Morgan fingerprint density at radius 1 is 1.32 bits per heavy atom. The van der Waals surface area contributed by atoms with Gasteiger partial charge in [0.25, 0.3) is 0 Å². The van der Waals surface area contributed by atoms with Gasteiger partial charge in [0.1, 0.15) is 11.8 Å². The molecular formula is C18H26N2O2. The largest absolute Gasteiger partial charge is 0.476 e. The first-order valence-corrected chi connectivity index (χ1v) is 8.09. The molecule has 0 aliphatic carbocycles. The van der Waals surface area contributed by atoms with Crippen molar-refractivity contribution in [2.45, 2.75) is 45.8 Å². The molecule has 4 heteroatoms. The minimum absolute atomic E-state index is 0.141. The molecule has 22 heavy (non-hydrogen) atoms. The fraction of sp³-hybridized carbons (Fsp3) is 0.611. The molecule has 0 amide bonds. The number of nitrogens with zero attached hydrogens (tertiary/aromatic N) is 2. The molecule has 4 nitrogen and oxygen atoms in total. The molecule has 1 fully saturated rings. The van der Waals surface area contributed by atoms with E-state index in [1.54, 1.807) is 6.92 Å². The van der Waals surface area contributed by atoms with Crippen molar-refractivity contribution in [1.82, 2.24) is 4.90 Å². The summed E-state index contributed by atoms with van der Waals surface area (Å²) in [5, 5.41) is 18.3. The Morgan fingerprint density at radius 3 is 2.45 bits per heavy atom. The molecule has 0 aromatic heterocycles. The first-order valence-electron chi connectivity index (χ1n) is 8.09. The van der Waals surface area contributed by atoms with E-state index in [2.05, 4.69) is 30.0 Å². The number of aliphatic hydroxyl groups excluding tert-OH is 1. The number of ether oxygens (including phenoxy) is 1. The second kappa shape index (κ2) is 7.62. The molecule has 1 aromatic rings. The second-order valence-corrected chi connectivity index (χ2v) is 6.32. The van der Waals surface area contributed by atoms with E-state index in [9.17, 15) is 5.11 Å². The van der Waals surface area contributed by atoms with Crippen molar-refractivity contribution < 1.29 is 9.84 Å². The van der Waals surface area contributed by atoms with Crippen LogP contribution in [0.5, 0.6) is 5.75 Å². The van der Waals surface area contributed by atoms with Crippen molar-refractivity contribution >= 4 is 0 Å². The standard InChI is InChI=1S/C18H26N2O2/c1-3-18(14-21)8-10-20(11-9-18)13-16-4-6-17(7-5-16)22-15(2)12-19/h4-7,15,21H,3,8-11,13-14H2,1-2H3. The molecule has 0 bridgehead atoms. The first-order chi connectivity index (χ1) is 10.6. The van der Waals surface area contributed by atoms with Crippen LogP contribution < -0.4 is 4.74 Å². The summed E-state index contributed by atoms with van der Waals surface area (Å²) in [5.41, 5.74) is 1.40. The minimum atomic E-state index is -0.423. The number of benzene rings is 1. The number of hydrogen-bond acceptors (Lipinski definition) is 4. The fourth-order valence-electron chi connectivity index (χ4n) is 2.97. The highest BCUT2D eigenvalue weighted by atomic mass is 16.5. The fourth-order valence-corrected chi connectivity index (χ4v) is 2.97. The van der Waals surface area contributed by atoms with E-state index < -0.39 is 6.10 Å². The van der Waals surface area contributed by atoms with E-state index in [1.165, 1.54) is 5.56 Å². The first kappa shape index (κ1) is 16.8. The Labute approximate surface area is 133 Å². The lowest BCUT2D eigenvalue weighted by atomic mass is 9.77. The third-order valence-electron chi connectivity index (χ3n) is 4.83. The Kier molecular flexibility index (Phi) is 5.82. The van der Waals surface area contributed by atoms with E-state index in [0.29, 0.717) is 6.61 Å². The number of hydrogen-bond donors (Lipinski definition) is 1. The zero-order chi connectivity index (χ0) is 16.0. The highest BCUT2D eigenvalue weighted by Gasteiger charge is 2.32. The maximum Gasteiger partial charge on any atom is 0.181 e. The van der Waals surface area contributed by atoms with Gasteiger partial charge in [0.15, 0.2) is 6.10 Å². The van der Waals surface area contributed by atoms with Crippen molar-refractivity contribution in [3.05, 3.63) is 29.8 Å². The number of rotatable bonds is 6. The van der Waals surface area contributed by atoms with Gasteiger partial charge >= 0.3 is 0 Å². The van der Waals surface area contributed by atoms with E-state index in [0.717, 1.165) is 44.6 Å². The average Bonchev–Trinajstić information content (AvgIpc) is 2.57. The van der Waals surface area contributed by atoms with Gasteiger partial charge in [0, 0.05) is 13.2 Å². The number of nitriles is 1. The lowest BCUT2D eigenvalue weighted by molar-refractivity contribution is 0.0382. The molecule has 0 saturated carbocycles. The molecule has 0 spiro atoms. The predicted molar refractivity (Wildman–Crippen MR) is 86.5 cm³/mol. The maximum atomic E-state index is 9.59. The van der Waals surface area contributed by atoms with Gasteiger partial charge in [-0.2, -0.15) is 5.26 Å². The summed E-state index contributed by atoms with van der Waals surface area (Å²) < 4.78 is 5.46. The normalized spacial score (nSPS) is 19.4. The summed E-state index contributed by atoms with van der Waals surface area (Å²) in [7, 11) is 0. The van der Waals surface area contributed by atoms with E-state index in [1.807, 2.05) is 12.1 Å². The van der Waals surface area contributed by atoms with Crippen LogP contribution in [0.15, 0.2) is 24.3 Å². The second-order valence-electron chi connectivity index (χ2n) is 6.32. The molecule has 120 valence electrons. The zero-order valence-electron chi connectivity index (χ0n) is 13.6. The van der Waals surface area contributed by atoms with Crippen LogP contribution in [0.4, 0.5) is 0 Å². The van der Waals surface area contributed by atoms with E-state index in [-0.39, 0.29) is 5.41 Å². The van der Waals surface area contributed by atoms with Crippen LogP contribution in [-0.2, 0) is 6.54 Å². The average molecular weight is 302 g/mol. The van der Waals surface area contributed by atoms with Gasteiger partial charge in [-0.05, 0) is 62.4 Å². The molecule has 1 atom stereocenters. The van der Waals surface area contributed by atoms with Crippen molar-refractivity contribution in [1.29, 1.82) is 5.26 Å². The van der Waals surface area contributed by atoms with Crippen LogP contribution in [0.2, 0.25) is 0 Å². The lowest BCUT2D eigenvalue weighted by Crippen LogP contribution is -2.41. The summed E-state index contributed by atoms with van der Waals surface area (Å²) in [6.45, 7) is 7.23. The van der Waals surface area contributed by atoms with Crippen LogP contribution in [0, 0.1) is 16.7 Å². The van der Waals surface area contributed by atoms with Gasteiger partial charge < -0.3 is 9.84 Å². The molecule has 1 N–H and O–H groups in total. The van der Waals surface area contributed by atoms with Gasteiger partial charge in [-0.15, -0.1) is 0 Å². The van der Waals surface area contributed by atoms with Crippen LogP contribution in [-0.4, -0.2) is 35.8 Å². The van der Waals surface area contributed by atoms with Crippen LogP contribution in [0.25, 0.3) is 0 Å². The molecule has 2 rings (SSSR count). The monoisotopic (exact) mass is 302 g/mol. The SMILES string of the molecule is CCC1(CO)CCN(Cc2ccc(OC(C)C#N)cc2)CC1. The third kappa shape index (κ3) is 4.22. The number of likely N-dealkylation sites (tertiary alicyclic amines) is 1. The van der Waals surface area contributed by atoms with E-state index >= 15 is 0 Å². The van der Waals surface area contributed by atoms with Crippen molar-refractivity contribution in [2.75, 3.05) is 19.7 Å². The van der Waals surface area contributed by atoms with Crippen LogP contribution in [0.1, 0.15) is 38.7 Å². The summed E-state index contributed by atoms with van der Waals surface area (Å²) >= 11 is 0. The van der Waals surface area contributed by atoms with Crippen molar-refractivity contribution in [3.8, 4) is 11.8 Å². The van der Waals surface area contributed by atoms with Gasteiger partial charge in [-0.25, -0.2) is 0 Å². The zero-order valence-corrected chi connectivity index (χ0v) is 13.6. The van der Waals surface area contributed by atoms with Gasteiger partial charge in [0.05, 0.1) is 0 Å². The molecule has 1 aliphatic rings. The van der Waals surface area contributed by atoms with E-state index in [4.69, 9.17) is 10.00 Å². The predicted octanol–water partition coefficient (Wildman–Crippen LogP) is 2.96.